The molecule has 0 aromatic heterocycles. The van der Waals surface area contributed by atoms with E-state index in [-0.39, 0.29) is 24.9 Å². The van der Waals surface area contributed by atoms with Gasteiger partial charge in [-0.3, -0.25) is 9.59 Å². The second-order valence-electron chi connectivity index (χ2n) is 17.6. The van der Waals surface area contributed by atoms with Crippen LogP contribution < -0.4 is 5.32 Å². The van der Waals surface area contributed by atoms with Crippen LogP contribution in [0.3, 0.4) is 0 Å². The van der Waals surface area contributed by atoms with Gasteiger partial charge >= 0.3 is 5.97 Å². The fourth-order valence-electron chi connectivity index (χ4n) is 7.87. The number of aliphatic hydroxyl groups is 2. The minimum Gasteiger partial charge on any atom is -0.462 e. The van der Waals surface area contributed by atoms with Crippen molar-refractivity contribution in [1.82, 2.24) is 5.32 Å². The van der Waals surface area contributed by atoms with Crippen LogP contribution in [0.2, 0.25) is 0 Å². The van der Waals surface area contributed by atoms with Crippen molar-refractivity contribution in [3.05, 3.63) is 24.3 Å². The largest absolute Gasteiger partial charge is 0.462 e. The van der Waals surface area contributed by atoms with Crippen LogP contribution in [0.25, 0.3) is 0 Å². The molecule has 0 aromatic carbocycles. The number of amides is 1. The molecule has 0 aliphatic heterocycles. The third-order valence-electron chi connectivity index (χ3n) is 11.8. The highest BCUT2D eigenvalue weighted by molar-refractivity contribution is 5.77. The van der Waals surface area contributed by atoms with Crippen molar-refractivity contribution in [1.29, 1.82) is 0 Å². The molecule has 6 heteroatoms. The van der Waals surface area contributed by atoms with Gasteiger partial charge in [-0.15, -0.1) is 0 Å². The Kier molecular flexibility index (Phi) is 45.1. The van der Waals surface area contributed by atoms with Gasteiger partial charge in [0.05, 0.1) is 25.2 Å². The predicted octanol–water partition coefficient (Wildman–Crippen LogP) is 15.1. The Balaban J connectivity index is 4.56. The van der Waals surface area contributed by atoms with Gasteiger partial charge < -0.3 is 20.3 Å². The number of aliphatic hydroxyl groups excluding tert-OH is 2. The number of unbranched alkanes of at least 4 members (excludes halogenated alkanes) is 30. The van der Waals surface area contributed by atoms with Crippen LogP contribution in [0.15, 0.2) is 24.3 Å². The number of allylic oxidation sites excluding steroid dienone is 4. The number of carbonyl (C=O) groups excluding carboxylic acids is 2. The zero-order chi connectivity index (χ0) is 42.4. The molecule has 3 N–H and O–H groups in total. The average Bonchev–Trinajstić information content (AvgIpc) is 3.22. The molecule has 1 amide bonds. The van der Waals surface area contributed by atoms with Crippen LogP contribution in [-0.4, -0.2) is 46.9 Å². The SMILES string of the molecule is CCCCC/C=C\C/C=C\CCCCCCCCCC(CC(=O)NC(CO)C(O)CCCCCCCCCCC)OC(=O)CCCCCCCCCCCCCCC. The maximum absolute atomic E-state index is 13.2. The molecule has 6 nitrogen and oxygen atoms in total. The number of nitrogens with one attached hydrogen (secondary N) is 1. The van der Waals surface area contributed by atoms with Gasteiger partial charge in [-0.05, 0) is 57.8 Å². The first-order valence-corrected chi connectivity index (χ1v) is 25.6. The Morgan fingerprint density at radius 3 is 1.34 bits per heavy atom. The fourth-order valence-corrected chi connectivity index (χ4v) is 7.87. The second-order valence-corrected chi connectivity index (χ2v) is 17.6. The molecule has 0 aliphatic rings. The molecule has 0 saturated carbocycles. The molecule has 0 radical (unpaired) electrons. The van der Waals surface area contributed by atoms with E-state index in [0.717, 1.165) is 70.6 Å². The molecule has 58 heavy (non-hydrogen) atoms. The molecule has 0 spiro atoms. The van der Waals surface area contributed by atoms with Gasteiger partial charge in [0.15, 0.2) is 0 Å². The second kappa shape index (κ2) is 46.4. The van der Waals surface area contributed by atoms with Crippen molar-refractivity contribution in [3.8, 4) is 0 Å². The summed E-state index contributed by atoms with van der Waals surface area (Å²) < 4.78 is 5.93. The van der Waals surface area contributed by atoms with Gasteiger partial charge in [-0.2, -0.15) is 0 Å². The summed E-state index contributed by atoms with van der Waals surface area (Å²) in [6, 6.07) is -0.698. The lowest BCUT2D eigenvalue weighted by Gasteiger charge is -2.24. The van der Waals surface area contributed by atoms with E-state index in [2.05, 4.69) is 50.4 Å². The normalized spacial score (nSPS) is 13.4. The molecule has 0 aromatic rings. The average molecular weight is 818 g/mol. The van der Waals surface area contributed by atoms with Crippen molar-refractivity contribution in [3.63, 3.8) is 0 Å². The number of hydrogen-bond donors (Lipinski definition) is 3. The topological polar surface area (TPSA) is 95.9 Å². The van der Waals surface area contributed by atoms with E-state index in [1.807, 2.05) is 0 Å². The van der Waals surface area contributed by atoms with Crippen molar-refractivity contribution in [2.24, 2.45) is 0 Å². The number of hydrogen-bond acceptors (Lipinski definition) is 5. The van der Waals surface area contributed by atoms with Crippen molar-refractivity contribution in [2.75, 3.05) is 6.61 Å². The first-order chi connectivity index (χ1) is 28.5. The lowest BCUT2D eigenvalue weighted by Crippen LogP contribution is -2.46. The van der Waals surface area contributed by atoms with Crippen molar-refractivity contribution < 1.29 is 24.5 Å². The van der Waals surface area contributed by atoms with Crippen molar-refractivity contribution in [2.45, 2.75) is 289 Å². The molecule has 3 unspecified atom stereocenters. The molecule has 3 atom stereocenters. The van der Waals surface area contributed by atoms with Crippen LogP contribution >= 0.6 is 0 Å². The standard InChI is InChI=1S/C52H99NO5/c1-4-7-10-13-16-19-21-23-24-25-26-28-29-32-34-37-40-43-48(58-52(57)45-42-39-36-33-30-27-22-20-17-14-11-8-5-2)46-51(56)53-49(47-54)50(55)44-41-38-35-31-18-15-12-9-6-3/h16,19,23-24,48-50,54-55H,4-15,17-18,20-22,25-47H2,1-3H3,(H,53,56)/b19-16-,24-23-. The van der Waals surface area contributed by atoms with Crippen LogP contribution in [0.1, 0.15) is 271 Å². The van der Waals surface area contributed by atoms with E-state index in [1.54, 1.807) is 0 Å². The highest BCUT2D eigenvalue weighted by Gasteiger charge is 2.24. The number of esters is 1. The molecule has 0 fully saturated rings. The summed E-state index contributed by atoms with van der Waals surface area (Å²) in [5.41, 5.74) is 0. The quantitative estimate of drug-likeness (QED) is 0.0323. The summed E-state index contributed by atoms with van der Waals surface area (Å²) in [4.78, 5) is 26.1. The summed E-state index contributed by atoms with van der Waals surface area (Å²) in [7, 11) is 0. The maximum atomic E-state index is 13.2. The molecular weight excluding hydrogens is 719 g/mol. The van der Waals surface area contributed by atoms with Gasteiger partial charge in [-0.1, -0.05) is 225 Å². The number of ether oxygens (including phenoxy) is 1. The van der Waals surface area contributed by atoms with E-state index in [4.69, 9.17) is 4.74 Å². The van der Waals surface area contributed by atoms with E-state index >= 15 is 0 Å². The van der Waals surface area contributed by atoms with E-state index < -0.39 is 18.2 Å². The molecular formula is C52H99NO5. The Hall–Kier alpha value is -1.66. The Morgan fingerprint density at radius 1 is 0.500 bits per heavy atom. The summed E-state index contributed by atoms with van der Waals surface area (Å²) in [6.07, 6.45) is 52.4. The van der Waals surface area contributed by atoms with Gasteiger partial charge in [0, 0.05) is 6.42 Å². The Labute approximate surface area is 361 Å². The lowest BCUT2D eigenvalue weighted by molar-refractivity contribution is -0.151. The minimum absolute atomic E-state index is 0.0771. The summed E-state index contributed by atoms with van der Waals surface area (Å²) in [6.45, 7) is 6.45. The van der Waals surface area contributed by atoms with E-state index in [9.17, 15) is 19.8 Å². The summed E-state index contributed by atoms with van der Waals surface area (Å²) >= 11 is 0. The molecule has 0 rings (SSSR count). The summed E-state index contributed by atoms with van der Waals surface area (Å²) in [5.74, 6) is -0.469. The lowest BCUT2D eigenvalue weighted by atomic mass is 10.0. The third kappa shape index (κ3) is 41.1. The fraction of sp³-hybridized carbons (Fsp3) is 0.885. The zero-order valence-electron chi connectivity index (χ0n) is 38.9. The van der Waals surface area contributed by atoms with Gasteiger partial charge in [0.25, 0.3) is 0 Å². The summed E-state index contributed by atoms with van der Waals surface area (Å²) in [5, 5.41) is 23.7. The Morgan fingerprint density at radius 2 is 0.879 bits per heavy atom. The predicted molar refractivity (Wildman–Crippen MR) is 250 cm³/mol. The maximum Gasteiger partial charge on any atom is 0.306 e. The third-order valence-corrected chi connectivity index (χ3v) is 11.8. The smallest absolute Gasteiger partial charge is 0.306 e. The first-order valence-electron chi connectivity index (χ1n) is 25.6. The van der Waals surface area contributed by atoms with Gasteiger partial charge in [0.1, 0.15) is 6.10 Å². The number of rotatable bonds is 46. The van der Waals surface area contributed by atoms with Gasteiger partial charge in [-0.25, -0.2) is 0 Å². The molecule has 0 bridgehead atoms. The molecule has 342 valence electrons. The first kappa shape index (κ1) is 56.3. The molecule has 0 saturated heterocycles. The zero-order valence-corrected chi connectivity index (χ0v) is 38.9. The van der Waals surface area contributed by atoms with Crippen LogP contribution in [0.5, 0.6) is 0 Å². The number of carbonyl (C=O) groups is 2. The molecule has 0 aliphatic carbocycles. The van der Waals surface area contributed by atoms with E-state index in [0.29, 0.717) is 19.3 Å². The Bertz CT molecular complexity index is 919. The van der Waals surface area contributed by atoms with Gasteiger partial charge in [0.2, 0.25) is 5.91 Å². The highest BCUT2D eigenvalue weighted by Crippen LogP contribution is 2.18. The minimum atomic E-state index is -0.784. The van der Waals surface area contributed by atoms with Crippen molar-refractivity contribution >= 4 is 11.9 Å². The van der Waals surface area contributed by atoms with Crippen LogP contribution in [0, 0.1) is 0 Å². The van der Waals surface area contributed by atoms with Crippen LogP contribution in [0.4, 0.5) is 0 Å². The molecule has 0 heterocycles. The highest BCUT2D eigenvalue weighted by atomic mass is 16.5. The monoisotopic (exact) mass is 818 g/mol. The van der Waals surface area contributed by atoms with E-state index in [1.165, 1.54) is 154 Å². The van der Waals surface area contributed by atoms with Crippen LogP contribution in [-0.2, 0) is 14.3 Å².